The van der Waals surface area contributed by atoms with Gasteiger partial charge in [-0.15, -0.1) is 0 Å². The van der Waals surface area contributed by atoms with Gasteiger partial charge in [0.2, 0.25) is 5.91 Å². The van der Waals surface area contributed by atoms with Crippen LogP contribution in [0.1, 0.15) is 22.7 Å². The molecule has 168 valence electrons. The zero-order valence-corrected chi connectivity index (χ0v) is 19.8. The molecule has 8 heteroatoms. The van der Waals surface area contributed by atoms with Crippen LogP contribution in [-0.4, -0.2) is 24.7 Å². The number of thiocarbonyl (C=S) groups is 1. The maximum absolute atomic E-state index is 13.4. The van der Waals surface area contributed by atoms with Crippen molar-refractivity contribution in [2.45, 2.75) is 19.9 Å². The van der Waals surface area contributed by atoms with E-state index in [1.807, 2.05) is 32.0 Å². The van der Waals surface area contributed by atoms with Crippen molar-refractivity contribution in [3.8, 4) is 11.5 Å². The van der Waals surface area contributed by atoms with Gasteiger partial charge in [-0.1, -0.05) is 36.9 Å². The smallest absolute Gasteiger partial charge is 0.235 e. The number of halogens is 1. The van der Waals surface area contributed by atoms with E-state index in [9.17, 15) is 4.79 Å². The molecule has 0 bridgehead atoms. The van der Waals surface area contributed by atoms with Crippen molar-refractivity contribution in [3.05, 3.63) is 77.0 Å². The number of benzene rings is 2. The maximum atomic E-state index is 13.4. The Balaban J connectivity index is 2.04. The van der Waals surface area contributed by atoms with Crippen LogP contribution in [0.15, 0.2) is 55.3 Å². The second kappa shape index (κ2) is 10.1. The van der Waals surface area contributed by atoms with Crippen molar-refractivity contribution in [2.24, 2.45) is 5.92 Å². The molecule has 0 radical (unpaired) electrons. The highest BCUT2D eigenvalue weighted by molar-refractivity contribution is 7.80. The molecule has 2 aromatic carbocycles. The molecule has 0 saturated carbocycles. The van der Waals surface area contributed by atoms with Gasteiger partial charge in [-0.05, 0) is 55.4 Å². The van der Waals surface area contributed by atoms with Crippen LogP contribution >= 0.6 is 23.8 Å². The van der Waals surface area contributed by atoms with Gasteiger partial charge in [0.25, 0.3) is 0 Å². The summed E-state index contributed by atoms with van der Waals surface area (Å²) in [6, 6.07) is 8.57. The molecule has 6 nitrogen and oxygen atoms in total. The van der Waals surface area contributed by atoms with E-state index in [0.29, 0.717) is 38.6 Å². The number of ether oxygens (including phenoxy) is 2. The molecular weight excluding hydrogens is 446 g/mol. The Hall–Kier alpha value is -3.03. The summed E-state index contributed by atoms with van der Waals surface area (Å²) in [5, 5.41) is 9.92. The first kappa shape index (κ1) is 23.6. The number of hydrogen-bond acceptors (Lipinski definition) is 4. The van der Waals surface area contributed by atoms with Crippen LogP contribution in [0, 0.1) is 19.8 Å². The van der Waals surface area contributed by atoms with Gasteiger partial charge in [0, 0.05) is 28.0 Å². The summed E-state index contributed by atoms with van der Waals surface area (Å²) in [7, 11) is 1.53. The van der Waals surface area contributed by atoms with E-state index in [1.54, 1.807) is 18.2 Å². The average Bonchev–Trinajstić information content (AvgIpc) is 2.74. The third kappa shape index (κ3) is 5.06. The van der Waals surface area contributed by atoms with Crippen LogP contribution in [0.5, 0.6) is 11.5 Å². The van der Waals surface area contributed by atoms with Crippen molar-refractivity contribution in [2.75, 3.05) is 19.0 Å². The van der Waals surface area contributed by atoms with Crippen LogP contribution in [0.2, 0.25) is 5.02 Å². The van der Waals surface area contributed by atoms with Crippen molar-refractivity contribution in [1.29, 1.82) is 0 Å². The SMILES string of the molecule is C=CCOc1c(OC)cc(Cl)cc1[C@@H]1NC(=S)NC(=C)[C@H]1C(=O)Nc1ccc(C)c(C)c1. The van der Waals surface area contributed by atoms with Gasteiger partial charge in [-0.3, -0.25) is 4.79 Å². The molecule has 32 heavy (non-hydrogen) atoms. The van der Waals surface area contributed by atoms with Crippen LogP contribution < -0.4 is 25.4 Å². The quantitative estimate of drug-likeness (QED) is 0.397. The number of carbonyl (C=O) groups is 1. The highest BCUT2D eigenvalue weighted by Gasteiger charge is 2.39. The second-order valence-electron chi connectivity index (χ2n) is 7.49. The summed E-state index contributed by atoms with van der Waals surface area (Å²) in [5.41, 5.74) is 4.02. The highest BCUT2D eigenvalue weighted by atomic mass is 35.5. The Morgan fingerprint density at radius 1 is 1.28 bits per heavy atom. The molecule has 2 aromatic rings. The molecule has 1 aliphatic heterocycles. The largest absolute Gasteiger partial charge is 0.493 e. The van der Waals surface area contributed by atoms with Crippen LogP contribution in [-0.2, 0) is 4.79 Å². The average molecular weight is 472 g/mol. The first-order valence-corrected chi connectivity index (χ1v) is 10.8. The lowest BCUT2D eigenvalue weighted by Crippen LogP contribution is -2.51. The van der Waals surface area contributed by atoms with Gasteiger partial charge < -0.3 is 25.4 Å². The van der Waals surface area contributed by atoms with Crippen molar-refractivity contribution >= 4 is 40.5 Å². The predicted molar refractivity (Wildman–Crippen MR) is 132 cm³/mol. The van der Waals surface area contributed by atoms with E-state index >= 15 is 0 Å². The molecule has 0 aliphatic carbocycles. The Bertz CT molecular complexity index is 1090. The highest BCUT2D eigenvalue weighted by Crippen LogP contribution is 2.42. The van der Waals surface area contributed by atoms with Gasteiger partial charge >= 0.3 is 0 Å². The maximum Gasteiger partial charge on any atom is 0.235 e. The summed E-state index contributed by atoms with van der Waals surface area (Å²) >= 11 is 11.7. The van der Waals surface area contributed by atoms with E-state index in [-0.39, 0.29) is 12.5 Å². The van der Waals surface area contributed by atoms with Gasteiger partial charge in [-0.25, -0.2) is 0 Å². The molecule has 1 fully saturated rings. The lowest BCUT2D eigenvalue weighted by molar-refractivity contribution is -0.119. The number of methoxy groups -OCH3 is 1. The fraction of sp³-hybridized carbons (Fsp3) is 0.250. The Labute approximate surface area is 198 Å². The summed E-state index contributed by atoms with van der Waals surface area (Å²) in [6.07, 6.45) is 1.63. The molecule has 1 heterocycles. The summed E-state index contributed by atoms with van der Waals surface area (Å²) in [6.45, 7) is 12.0. The standard InChI is InChI=1S/C24H26ClN3O3S/c1-6-9-31-22-18(11-16(25)12-19(22)30-5)21-20(15(4)26-24(32)28-21)23(29)27-17-8-7-13(2)14(3)10-17/h6-8,10-12,20-21H,1,4,9H2,2-3,5H3,(H,27,29)(H2,26,28,32)/t20-,21+/m1/s1. The van der Waals surface area contributed by atoms with Crippen LogP contribution in [0.4, 0.5) is 5.69 Å². The van der Waals surface area contributed by atoms with E-state index in [4.69, 9.17) is 33.3 Å². The Morgan fingerprint density at radius 2 is 2.03 bits per heavy atom. The van der Waals surface area contributed by atoms with Crippen molar-refractivity contribution in [3.63, 3.8) is 0 Å². The third-order valence-electron chi connectivity index (χ3n) is 5.28. The molecule has 0 spiro atoms. The molecule has 1 aliphatic rings. The minimum atomic E-state index is -0.711. The normalized spacial score (nSPS) is 17.8. The first-order chi connectivity index (χ1) is 15.2. The summed E-state index contributed by atoms with van der Waals surface area (Å²) in [4.78, 5) is 13.4. The van der Waals surface area contributed by atoms with Crippen LogP contribution in [0.25, 0.3) is 0 Å². The fourth-order valence-electron chi connectivity index (χ4n) is 3.56. The van der Waals surface area contributed by atoms with E-state index in [1.165, 1.54) is 7.11 Å². The minimum absolute atomic E-state index is 0.251. The number of hydrogen-bond donors (Lipinski definition) is 3. The molecule has 3 N–H and O–H groups in total. The number of anilines is 1. The summed E-state index contributed by atoms with van der Waals surface area (Å²) < 4.78 is 11.4. The predicted octanol–water partition coefficient (Wildman–Crippen LogP) is 4.82. The third-order valence-corrected chi connectivity index (χ3v) is 5.71. The van der Waals surface area contributed by atoms with E-state index in [2.05, 4.69) is 29.1 Å². The molecule has 0 aromatic heterocycles. The van der Waals surface area contributed by atoms with E-state index < -0.39 is 12.0 Å². The Kier molecular flexibility index (Phi) is 7.43. The number of nitrogens with one attached hydrogen (secondary N) is 3. The van der Waals surface area contributed by atoms with Crippen LogP contribution in [0.3, 0.4) is 0 Å². The van der Waals surface area contributed by atoms with E-state index in [0.717, 1.165) is 11.1 Å². The first-order valence-electron chi connectivity index (χ1n) is 10.0. The molecular formula is C24H26ClN3O3S. The topological polar surface area (TPSA) is 71.6 Å². The number of amides is 1. The lowest BCUT2D eigenvalue weighted by Gasteiger charge is -2.36. The fourth-order valence-corrected chi connectivity index (χ4v) is 4.03. The zero-order valence-electron chi connectivity index (χ0n) is 18.3. The van der Waals surface area contributed by atoms with Gasteiger partial charge in [0.1, 0.15) is 12.5 Å². The van der Waals surface area contributed by atoms with Gasteiger partial charge in [0.15, 0.2) is 16.6 Å². The van der Waals surface area contributed by atoms with Gasteiger partial charge in [0.05, 0.1) is 13.2 Å². The van der Waals surface area contributed by atoms with Gasteiger partial charge in [-0.2, -0.15) is 0 Å². The van der Waals surface area contributed by atoms with Crippen molar-refractivity contribution < 1.29 is 14.3 Å². The molecule has 1 saturated heterocycles. The molecule has 3 rings (SSSR count). The molecule has 0 unspecified atom stereocenters. The summed E-state index contributed by atoms with van der Waals surface area (Å²) in [5.74, 6) is -0.0627. The molecule has 2 atom stereocenters. The number of carbonyl (C=O) groups excluding carboxylic acids is 1. The lowest BCUT2D eigenvalue weighted by atomic mass is 9.87. The molecule has 1 amide bonds. The minimum Gasteiger partial charge on any atom is -0.493 e. The van der Waals surface area contributed by atoms with Crippen molar-refractivity contribution in [1.82, 2.24) is 10.6 Å². The second-order valence-corrected chi connectivity index (χ2v) is 8.34. The zero-order chi connectivity index (χ0) is 23.4. The number of aryl methyl sites for hydroxylation is 2. The monoisotopic (exact) mass is 471 g/mol. The Morgan fingerprint density at radius 3 is 2.69 bits per heavy atom. The number of rotatable bonds is 7.